The third-order valence-electron chi connectivity index (χ3n) is 2.06. The lowest BCUT2D eigenvalue weighted by molar-refractivity contribution is 1.28. The molecule has 2 rings (SSSR count). The summed E-state index contributed by atoms with van der Waals surface area (Å²) in [4.78, 5) is 7.98. The molecule has 3 N–H and O–H groups in total. The molecule has 0 aliphatic carbocycles. The molecule has 0 spiro atoms. The van der Waals surface area contributed by atoms with Crippen LogP contribution in [0.25, 0.3) is 11.1 Å². The second-order valence-electron chi connectivity index (χ2n) is 3.11. The Balaban J connectivity index is 2.46. The molecule has 74 valence electrons. The van der Waals surface area contributed by atoms with Crippen LogP contribution < -0.4 is 5.73 Å². The van der Waals surface area contributed by atoms with Crippen molar-refractivity contribution in [2.24, 2.45) is 5.73 Å². The van der Waals surface area contributed by atoms with Gasteiger partial charge >= 0.3 is 0 Å². The van der Waals surface area contributed by atoms with Gasteiger partial charge in [0.25, 0.3) is 0 Å². The molecule has 2 heterocycles. The first-order chi connectivity index (χ1) is 7.27. The molecule has 0 unspecified atom stereocenters. The lowest BCUT2D eigenvalue weighted by atomic mass is 10.1. The molecule has 0 atom stereocenters. The van der Waals surface area contributed by atoms with Gasteiger partial charge in [-0.15, -0.1) is 0 Å². The summed E-state index contributed by atoms with van der Waals surface area (Å²) in [5.74, 6) is 0.0263. The summed E-state index contributed by atoms with van der Waals surface area (Å²) >= 11 is 0. The second kappa shape index (κ2) is 3.88. The minimum Gasteiger partial charge on any atom is -0.384 e. The van der Waals surface area contributed by atoms with Crippen LogP contribution in [-0.2, 0) is 0 Å². The van der Waals surface area contributed by atoms with E-state index in [-0.39, 0.29) is 5.84 Å². The minimum atomic E-state index is 0.0263. The topological polar surface area (TPSA) is 75.7 Å². The van der Waals surface area contributed by atoms with Crippen molar-refractivity contribution in [1.29, 1.82) is 5.41 Å². The zero-order valence-electron chi connectivity index (χ0n) is 8.01. The molecule has 0 saturated heterocycles. The van der Waals surface area contributed by atoms with Crippen molar-refractivity contribution in [3.63, 3.8) is 0 Å². The van der Waals surface area contributed by atoms with E-state index in [9.17, 15) is 0 Å². The van der Waals surface area contributed by atoms with E-state index in [2.05, 4.69) is 9.97 Å². The predicted octanol–water partition coefficient (Wildman–Crippen LogP) is 1.43. The fraction of sp³-hybridized carbons (Fsp3) is 0. The quantitative estimate of drug-likeness (QED) is 0.566. The number of hydrogen-bond donors (Lipinski definition) is 2. The molecule has 0 amide bonds. The van der Waals surface area contributed by atoms with Gasteiger partial charge in [0.05, 0.1) is 0 Å². The monoisotopic (exact) mass is 198 g/mol. The molecule has 2 aromatic heterocycles. The standard InChI is InChI=1S/C11H10N4/c12-11(13)10-5-9(6-15-7-10)8-1-3-14-4-2-8/h1-7H,(H3,12,13). The van der Waals surface area contributed by atoms with Crippen LogP contribution in [-0.4, -0.2) is 15.8 Å². The summed E-state index contributed by atoms with van der Waals surface area (Å²) in [6.45, 7) is 0. The van der Waals surface area contributed by atoms with Crippen molar-refractivity contribution in [3.8, 4) is 11.1 Å². The van der Waals surface area contributed by atoms with Crippen molar-refractivity contribution in [2.75, 3.05) is 0 Å². The number of nitrogens with two attached hydrogens (primary N) is 1. The maximum atomic E-state index is 7.32. The van der Waals surface area contributed by atoms with Crippen LogP contribution in [0, 0.1) is 5.41 Å². The number of nitrogens with zero attached hydrogens (tertiary/aromatic N) is 2. The fourth-order valence-corrected chi connectivity index (χ4v) is 1.29. The molecule has 4 heteroatoms. The van der Waals surface area contributed by atoms with Gasteiger partial charge in [0.15, 0.2) is 0 Å². The number of hydrogen-bond acceptors (Lipinski definition) is 3. The van der Waals surface area contributed by atoms with Gasteiger partial charge in [0, 0.05) is 35.9 Å². The van der Waals surface area contributed by atoms with Gasteiger partial charge < -0.3 is 5.73 Å². The van der Waals surface area contributed by atoms with E-state index in [1.54, 1.807) is 24.8 Å². The smallest absolute Gasteiger partial charge is 0.124 e. The van der Waals surface area contributed by atoms with Gasteiger partial charge in [-0.2, -0.15) is 0 Å². The van der Waals surface area contributed by atoms with Gasteiger partial charge in [-0.3, -0.25) is 15.4 Å². The average molecular weight is 198 g/mol. The Kier molecular flexibility index (Phi) is 2.41. The molecular formula is C11H10N4. The molecule has 15 heavy (non-hydrogen) atoms. The summed E-state index contributed by atoms with van der Waals surface area (Å²) in [5, 5.41) is 7.32. The predicted molar refractivity (Wildman–Crippen MR) is 58.5 cm³/mol. The van der Waals surface area contributed by atoms with Crippen LogP contribution in [0.2, 0.25) is 0 Å². The minimum absolute atomic E-state index is 0.0263. The summed E-state index contributed by atoms with van der Waals surface area (Å²) in [7, 11) is 0. The number of pyridine rings is 2. The molecule has 0 saturated carbocycles. The number of nitrogen functional groups attached to an aromatic ring is 1. The lowest BCUT2D eigenvalue weighted by Crippen LogP contribution is -2.11. The number of aromatic nitrogens is 2. The van der Waals surface area contributed by atoms with Crippen LogP contribution in [0.5, 0.6) is 0 Å². The zero-order valence-corrected chi connectivity index (χ0v) is 8.01. The summed E-state index contributed by atoms with van der Waals surface area (Å²) in [6.07, 6.45) is 6.75. The first-order valence-electron chi connectivity index (χ1n) is 4.47. The van der Waals surface area contributed by atoms with Crippen LogP contribution >= 0.6 is 0 Å². The maximum Gasteiger partial charge on any atom is 0.124 e. The molecule has 0 aromatic carbocycles. The SMILES string of the molecule is N=C(N)c1cncc(-c2ccncc2)c1. The van der Waals surface area contributed by atoms with Crippen LogP contribution in [0.4, 0.5) is 0 Å². The number of amidine groups is 1. The first kappa shape index (κ1) is 9.33. The van der Waals surface area contributed by atoms with Crippen molar-refractivity contribution in [2.45, 2.75) is 0 Å². The lowest BCUT2D eigenvalue weighted by Gasteiger charge is -2.02. The van der Waals surface area contributed by atoms with E-state index in [4.69, 9.17) is 11.1 Å². The van der Waals surface area contributed by atoms with E-state index in [1.165, 1.54) is 0 Å². The Labute approximate surface area is 87.3 Å². The summed E-state index contributed by atoms with van der Waals surface area (Å²) in [6, 6.07) is 5.62. The van der Waals surface area contributed by atoms with Crippen LogP contribution in [0.15, 0.2) is 43.0 Å². The van der Waals surface area contributed by atoms with Crippen LogP contribution in [0.3, 0.4) is 0 Å². The van der Waals surface area contributed by atoms with Gasteiger partial charge in [-0.1, -0.05) is 0 Å². The van der Waals surface area contributed by atoms with E-state index >= 15 is 0 Å². The molecule has 0 aliphatic rings. The molecular weight excluding hydrogens is 188 g/mol. The first-order valence-corrected chi connectivity index (χ1v) is 4.47. The van der Waals surface area contributed by atoms with Gasteiger partial charge in [0.2, 0.25) is 0 Å². The van der Waals surface area contributed by atoms with E-state index in [1.807, 2.05) is 18.2 Å². The Bertz CT molecular complexity index is 479. The van der Waals surface area contributed by atoms with Crippen molar-refractivity contribution >= 4 is 5.84 Å². The van der Waals surface area contributed by atoms with Gasteiger partial charge in [-0.05, 0) is 23.8 Å². The Morgan fingerprint density at radius 3 is 2.47 bits per heavy atom. The molecule has 0 radical (unpaired) electrons. The Morgan fingerprint density at radius 1 is 1.07 bits per heavy atom. The van der Waals surface area contributed by atoms with Crippen LogP contribution in [0.1, 0.15) is 5.56 Å². The number of nitrogens with one attached hydrogen (secondary N) is 1. The van der Waals surface area contributed by atoms with Crippen molar-refractivity contribution in [1.82, 2.24) is 9.97 Å². The molecule has 0 bridgehead atoms. The maximum absolute atomic E-state index is 7.32. The molecule has 0 fully saturated rings. The third-order valence-corrected chi connectivity index (χ3v) is 2.06. The Hall–Kier alpha value is -2.23. The van der Waals surface area contributed by atoms with Gasteiger partial charge in [0.1, 0.15) is 5.84 Å². The third kappa shape index (κ3) is 1.99. The highest BCUT2D eigenvalue weighted by atomic mass is 14.7. The highest BCUT2D eigenvalue weighted by molar-refractivity contribution is 5.95. The number of rotatable bonds is 2. The van der Waals surface area contributed by atoms with E-state index in [0.29, 0.717) is 5.56 Å². The highest BCUT2D eigenvalue weighted by Gasteiger charge is 2.01. The zero-order chi connectivity index (χ0) is 10.7. The average Bonchev–Trinajstić information content (AvgIpc) is 2.30. The summed E-state index contributed by atoms with van der Waals surface area (Å²) < 4.78 is 0. The second-order valence-corrected chi connectivity index (χ2v) is 3.11. The fourth-order valence-electron chi connectivity index (χ4n) is 1.29. The van der Waals surface area contributed by atoms with Gasteiger partial charge in [-0.25, -0.2) is 0 Å². The van der Waals surface area contributed by atoms with Crippen molar-refractivity contribution in [3.05, 3.63) is 48.5 Å². The molecule has 2 aromatic rings. The molecule has 0 aliphatic heterocycles. The van der Waals surface area contributed by atoms with Crippen molar-refractivity contribution < 1.29 is 0 Å². The summed E-state index contributed by atoms with van der Waals surface area (Å²) in [5.41, 5.74) is 7.97. The van der Waals surface area contributed by atoms with E-state index < -0.39 is 0 Å². The normalized spacial score (nSPS) is 9.87. The highest BCUT2D eigenvalue weighted by Crippen LogP contribution is 2.17. The molecule has 4 nitrogen and oxygen atoms in total. The largest absolute Gasteiger partial charge is 0.384 e. The Morgan fingerprint density at radius 2 is 1.80 bits per heavy atom. The van der Waals surface area contributed by atoms with E-state index in [0.717, 1.165) is 11.1 Å².